The molecule has 4 aliphatic carbocycles. The molecule has 24 heavy (non-hydrogen) atoms. The zero-order valence-electron chi connectivity index (χ0n) is 15.0. The van der Waals surface area contributed by atoms with Crippen LogP contribution in [-0.4, -0.2) is 33.6 Å². The van der Waals surface area contributed by atoms with E-state index in [4.69, 9.17) is 0 Å². The van der Waals surface area contributed by atoms with Gasteiger partial charge in [0.15, 0.2) is 0 Å². The maximum Gasteiger partial charge on any atom is 0.0726 e. The fourth-order valence-corrected chi connectivity index (χ4v) is 7.16. The first-order valence-electron chi connectivity index (χ1n) is 9.74. The van der Waals surface area contributed by atoms with Gasteiger partial charge in [0.05, 0.1) is 11.7 Å². The third kappa shape index (κ3) is 2.01. The highest BCUT2D eigenvalue weighted by atomic mass is 16.3. The van der Waals surface area contributed by atoms with Crippen LogP contribution in [0.25, 0.3) is 0 Å². The summed E-state index contributed by atoms with van der Waals surface area (Å²) in [5, 5.41) is 31.9. The number of rotatable bonds is 2. The highest BCUT2D eigenvalue weighted by Gasteiger charge is 2.65. The molecule has 1 unspecified atom stereocenters. The molecule has 0 aromatic heterocycles. The lowest BCUT2D eigenvalue weighted by atomic mass is 9.46. The standard InChI is InChI=1S/C21H32O3/c1-19-9-4-3-5-14(19)6-7-15-16-8-10-21(24,11-12-22)20(16,2)13-17(23)18(15)19/h4-5,9,15-18,22-24H,3,6-8,10-13H2,1-2H3/t15-,16-,17?,18+,19-,20-,21-/m0/s1. The number of allylic oxidation sites excluding steroid dienone is 4. The second-order valence-electron chi connectivity index (χ2n) is 9.22. The van der Waals surface area contributed by atoms with Crippen molar-refractivity contribution in [3.8, 4) is 0 Å². The lowest BCUT2D eigenvalue weighted by molar-refractivity contribution is -0.168. The minimum atomic E-state index is -0.822. The largest absolute Gasteiger partial charge is 0.396 e. The molecule has 0 saturated heterocycles. The maximum atomic E-state index is 11.3. The highest BCUT2D eigenvalue weighted by Crippen LogP contribution is 2.67. The average Bonchev–Trinajstić information content (AvgIpc) is 2.78. The van der Waals surface area contributed by atoms with Gasteiger partial charge in [-0.25, -0.2) is 0 Å². The Hall–Kier alpha value is -0.640. The summed E-state index contributed by atoms with van der Waals surface area (Å²) in [6, 6.07) is 0. The number of hydrogen-bond donors (Lipinski definition) is 3. The van der Waals surface area contributed by atoms with Crippen LogP contribution in [0.4, 0.5) is 0 Å². The van der Waals surface area contributed by atoms with Crippen LogP contribution in [0.2, 0.25) is 0 Å². The SMILES string of the molecule is C[C@]12C=CCC=C1CC[C@@H]1[C@@H]2C(O)C[C@@]2(C)[C@H]1CC[C@]2(O)CCO. The van der Waals surface area contributed by atoms with Crippen molar-refractivity contribution in [3.05, 3.63) is 23.8 Å². The van der Waals surface area contributed by atoms with Gasteiger partial charge in [0.2, 0.25) is 0 Å². The molecule has 3 fully saturated rings. The molecule has 0 amide bonds. The molecule has 3 nitrogen and oxygen atoms in total. The summed E-state index contributed by atoms with van der Waals surface area (Å²) in [6.07, 6.45) is 12.8. The van der Waals surface area contributed by atoms with Gasteiger partial charge < -0.3 is 15.3 Å². The Labute approximate surface area is 145 Å². The van der Waals surface area contributed by atoms with Crippen LogP contribution in [0.3, 0.4) is 0 Å². The van der Waals surface area contributed by atoms with Gasteiger partial charge in [-0.1, -0.05) is 37.6 Å². The van der Waals surface area contributed by atoms with Crippen LogP contribution >= 0.6 is 0 Å². The van der Waals surface area contributed by atoms with Crippen LogP contribution in [0, 0.1) is 28.6 Å². The van der Waals surface area contributed by atoms with E-state index in [1.807, 2.05) is 0 Å². The second kappa shape index (κ2) is 5.43. The van der Waals surface area contributed by atoms with E-state index >= 15 is 0 Å². The first-order chi connectivity index (χ1) is 11.4. The van der Waals surface area contributed by atoms with E-state index in [1.165, 1.54) is 5.57 Å². The molecule has 134 valence electrons. The molecule has 4 aliphatic rings. The van der Waals surface area contributed by atoms with Crippen molar-refractivity contribution in [2.45, 2.75) is 70.5 Å². The van der Waals surface area contributed by atoms with Crippen LogP contribution in [-0.2, 0) is 0 Å². The summed E-state index contributed by atoms with van der Waals surface area (Å²) in [5.41, 5.74) is 0.404. The van der Waals surface area contributed by atoms with Crippen molar-refractivity contribution in [2.75, 3.05) is 6.61 Å². The van der Waals surface area contributed by atoms with E-state index in [-0.39, 0.29) is 29.5 Å². The predicted molar refractivity (Wildman–Crippen MR) is 94.3 cm³/mol. The molecule has 3 saturated carbocycles. The van der Waals surface area contributed by atoms with Crippen molar-refractivity contribution in [1.29, 1.82) is 0 Å². The van der Waals surface area contributed by atoms with Crippen LogP contribution < -0.4 is 0 Å². The van der Waals surface area contributed by atoms with Crippen molar-refractivity contribution >= 4 is 0 Å². The molecule has 7 atom stereocenters. The van der Waals surface area contributed by atoms with Crippen LogP contribution in [0.15, 0.2) is 23.8 Å². The van der Waals surface area contributed by atoms with Crippen LogP contribution in [0.1, 0.15) is 58.8 Å². The van der Waals surface area contributed by atoms with Gasteiger partial charge in [0.25, 0.3) is 0 Å². The highest BCUT2D eigenvalue weighted by molar-refractivity contribution is 5.32. The Kier molecular flexibility index (Phi) is 3.80. The summed E-state index contributed by atoms with van der Waals surface area (Å²) >= 11 is 0. The van der Waals surface area contributed by atoms with E-state index in [2.05, 4.69) is 32.1 Å². The topological polar surface area (TPSA) is 60.7 Å². The lowest BCUT2D eigenvalue weighted by Crippen LogP contribution is -2.59. The molecular weight excluding hydrogens is 300 g/mol. The molecule has 0 aliphatic heterocycles. The quantitative estimate of drug-likeness (QED) is 0.681. The molecule has 0 spiro atoms. The lowest BCUT2D eigenvalue weighted by Gasteiger charge is -2.60. The van der Waals surface area contributed by atoms with Crippen molar-refractivity contribution in [1.82, 2.24) is 0 Å². The normalized spacial score (nSPS) is 53.1. The first kappa shape index (κ1) is 16.8. The summed E-state index contributed by atoms with van der Waals surface area (Å²) in [5.74, 6) is 1.19. The summed E-state index contributed by atoms with van der Waals surface area (Å²) in [7, 11) is 0. The first-order valence-corrected chi connectivity index (χ1v) is 9.74. The number of fused-ring (bicyclic) bond motifs is 5. The van der Waals surface area contributed by atoms with Gasteiger partial charge in [-0.05, 0) is 56.8 Å². The van der Waals surface area contributed by atoms with Gasteiger partial charge in [-0.3, -0.25) is 0 Å². The fourth-order valence-electron chi connectivity index (χ4n) is 7.16. The van der Waals surface area contributed by atoms with Crippen molar-refractivity contribution < 1.29 is 15.3 Å². The van der Waals surface area contributed by atoms with E-state index in [0.29, 0.717) is 24.7 Å². The van der Waals surface area contributed by atoms with Gasteiger partial charge >= 0.3 is 0 Å². The van der Waals surface area contributed by atoms with Gasteiger partial charge in [-0.2, -0.15) is 0 Å². The Bertz CT molecular complexity index is 582. The predicted octanol–water partition coefficient (Wildman–Crippen LogP) is 3.20. The molecule has 3 N–H and O–H groups in total. The maximum absolute atomic E-state index is 11.3. The summed E-state index contributed by atoms with van der Waals surface area (Å²) in [4.78, 5) is 0. The third-order valence-electron chi connectivity index (χ3n) is 8.40. The second-order valence-corrected chi connectivity index (χ2v) is 9.22. The monoisotopic (exact) mass is 332 g/mol. The minimum absolute atomic E-state index is 0.0143. The third-order valence-corrected chi connectivity index (χ3v) is 8.40. The number of aliphatic hydroxyl groups is 3. The van der Waals surface area contributed by atoms with Gasteiger partial charge in [-0.15, -0.1) is 0 Å². The fraction of sp³-hybridized carbons (Fsp3) is 0.810. The molecule has 0 heterocycles. The van der Waals surface area contributed by atoms with E-state index in [1.54, 1.807) is 0 Å². The Morgan fingerprint density at radius 1 is 1.25 bits per heavy atom. The molecule has 0 radical (unpaired) electrons. The zero-order chi connectivity index (χ0) is 17.2. The average molecular weight is 332 g/mol. The van der Waals surface area contributed by atoms with Gasteiger partial charge in [0.1, 0.15) is 0 Å². The molecule has 0 bridgehead atoms. The van der Waals surface area contributed by atoms with E-state index in [9.17, 15) is 15.3 Å². The zero-order valence-corrected chi connectivity index (χ0v) is 15.0. The minimum Gasteiger partial charge on any atom is -0.396 e. The van der Waals surface area contributed by atoms with Gasteiger partial charge in [0, 0.05) is 23.4 Å². The number of aliphatic hydroxyl groups excluding tert-OH is 2. The Morgan fingerprint density at radius 3 is 2.79 bits per heavy atom. The van der Waals surface area contributed by atoms with E-state index < -0.39 is 5.60 Å². The molecule has 0 aromatic carbocycles. The Balaban J connectivity index is 1.72. The molecule has 0 aromatic rings. The summed E-state index contributed by atoms with van der Waals surface area (Å²) < 4.78 is 0. The molecule has 3 heteroatoms. The van der Waals surface area contributed by atoms with Crippen molar-refractivity contribution in [3.63, 3.8) is 0 Å². The summed E-state index contributed by atoms with van der Waals surface area (Å²) in [6.45, 7) is 4.51. The number of hydrogen-bond acceptors (Lipinski definition) is 3. The smallest absolute Gasteiger partial charge is 0.0726 e. The Morgan fingerprint density at radius 2 is 2.04 bits per heavy atom. The van der Waals surface area contributed by atoms with Crippen LogP contribution in [0.5, 0.6) is 0 Å². The molecular formula is C21H32O3. The van der Waals surface area contributed by atoms with Crippen molar-refractivity contribution in [2.24, 2.45) is 28.6 Å². The molecule has 4 rings (SSSR count). The van der Waals surface area contributed by atoms with E-state index in [0.717, 1.165) is 32.1 Å².